The first-order valence-corrected chi connectivity index (χ1v) is 12.5. The van der Waals surface area contributed by atoms with E-state index in [1.807, 2.05) is 24.4 Å². The molecule has 0 amide bonds. The van der Waals surface area contributed by atoms with Crippen LogP contribution in [0.15, 0.2) is 77.8 Å². The van der Waals surface area contributed by atoms with E-state index in [1.165, 1.54) is 44.1 Å². The van der Waals surface area contributed by atoms with Gasteiger partial charge >= 0.3 is 0 Å². The number of nitrogens with zero attached hydrogens (tertiary/aromatic N) is 1. The van der Waals surface area contributed by atoms with Crippen molar-refractivity contribution in [2.45, 2.75) is 49.4 Å². The normalized spacial score (nSPS) is 29.5. The van der Waals surface area contributed by atoms with E-state index < -0.39 is 0 Å². The van der Waals surface area contributed by atoms with Crippen molar-refractivity contribution in [3.63, 3.8) is 0 Å². The van der Waals surface area contributed by atoms with Crippen LogP contribution in [0.4, 0.5) is 5.69 Å². The predicted octanol–water partition coefficient (Wildman–Crippen LogP) is 7.24. The molecule has 3 heteroatoms. The first-order valence-electron chi connectivity index (χ1n) is 12.5. The second-order valence-corrected chi connectivity index (χ2v) is 10.8. The first kappa shape index (κ1) is 21.5. The maximum Gasteiger partial charge on any atom is 0.131 e. The number of methoxy groups -OCH3 is 2. The zero-order valence-electron chi connectivity index (χ0n) is 20.2. The average molecular weight is 452 g/mol. The predicted molar refractivity (Wildman–Crippen MR) is 138 cm³/mol. The quantitative estimate of drug-likeness (QED) is 0.370. The van der Waals surface area contributed by atoms with Crippen LogP contribution in [0, 0.1) is 11.8 Å². The van der Waals surface area contributed by atoms with Crippen LogP contribution in [0.5, 0.6) is 11.5 Å². The molecule has 4 aliphatic carbocycles. The molecule has 34 heavy (non-hydrogen) atoms. The van der Waals surface area contributed by atoms with Crippen LogP contribution in [-0.4, -0.2) is 20.4 Å². The minimum absolute atomic E-state index is 0.321. The fourth-order valence-electron chi connectivity index (χ4n) is 7.70. The Labute approximate surface area is 202 Å². The number of ether oxygens (including phenoxy) is 2. The second-order valence-electron chi connectivity index (χ2n) is 10.8. The molecule has 174 valence electrons. The zero-order chi connectivity index (χ0) is 23.2. The van der Waals surface area contributed by atoms with Gasteiger partial charge in [-0.3, -0.25) is 4.99 Å². The van der Waals surface area contributed by atoms with Crippen LogP contribution >= 0.6 is 0 Å². The van der Waals surface area contributed by atoms with Gasteiger partial charge in [0.2, 0.25) is 0 Å². The van der Waals surface area contributed by atoms with Crippen molar-refractivity contribution < 1.29 is 9.47 Å². The third kappa shape index (κ3) is 3.62. The lowest BCUT2D eigenvalue weighted by Crippen LogP contribution is -2.55. The zero-order valence-corrected chi connectivity index (χ0v) is 20.2. The molecule has 7 rings (SSSR count). The SMILES string of the molecule is COc1ccc(C=Nc2ccc(C34C[C@@H]5C[C@H](CC(c6ccccc6)(C5)C3)C4)cc2)c(OC)c1. The maximum absolute atomic E-state index is 5.51. The van der Waals surface area contributed by atoms with Gasteiger partial charge in [0.25, 0.3) is 0 Å². The van der Waals surface area contributed by atoms with Crippen LogP contribution in [0.25, 0.3) is 0 Å². The fraction of sp³-hybridized carbons (Fsp3) is 0.387. The summed E-state index contributed by atoms with van der Waals surface area (Å²) in [7, 11) is 3.34. The summed E-state index contributed by atoms with van der Waals surface area (Å²) in [6.45, 7) is 0. The lowest BCUT2D eigenvalue weighted by molar-refractivity contribution is -0.0281. The molecule has 0 N–H and O–H groups in total. The van der Waals surface area contributed by atoms with Gasteiger partial charge in [-0.2, -0.15) is 0 Å². The van der Waals surface area contributed by atoms with E-state index in [0.717, 1.165) is 34.6 Å². The highest BCUT2D eigenvalue weighted by Crippen LogP contribution is 2.66. The van der Waals surface area contributed by atoms with E-state index in [2.05, 4.69) is 54.6 Å². The molecule has 0 spiro atoms. The summed E-state index contributed by atoms with van der Waals surface area (Å²) in [5.74, 6) is 3.27. The molecule has 4 bridgehead atoms. The van der Waals surface area contributed by atoms with E-state index >= 15 is 0 Å². The Morgan fingerprint density at radius 3 is 2.03 bits per heavy atom. The second kappa shape index (κ2) is 8.30. The Morgan fingerprint density at radius 1 is 0.765 bits per heavy atom. The van der Waals surface area contributed by atoms with Gasteiger partial charge in [0.05, 0.1) is 19.9 Å². The number of aliphatic imine (C=N–C) groups is 1. The molecule has 0 heterocycles. The van der Waals surface area contributed by atoms with Crippen molar-refractivity contribution in [3.05, 3.63) is 89.5 Å². The highest BCUT2D eigenvalue weighted by Gasteiger charge is 2.58. The van der Waals surface area contributed by atoms with Gasteiger partial charge in [-0.1, -0.05) is 42.5 Å². The Kier molecular flexibility index (Phi) is 5.24. The van der Waals surface area contributed by atoms with Crippen molar-refractivity contribution in [2.24, 2.45) is 16.8 Å². The van der Waals surface area contributed by atoms with E-state index in [-0.39, 0.29) is 0 Å². The van der Waals surface area contributed by atoms with Gasteiger partial charge in [0.15, 0.2) is 0 Å². The maximum atomic E-state index is 5.51. The minimum atomic E-state index is 0.321. The first-order chi connectivity index (χ1) is 16.6. The van der Waals surface area contributed by atoms with Crippen LogP contribution in [0.3, 0.4) is 0 Å². The molecule has 0 unspecified atom stereocenters. The molecule has 0 aromatic heterocycles. The van der Waals surface area contributed by atoms with E-state index in [4.69, 9.17) is 14.5 Å². The van der Waals surface area contributed by atoms with Gasteiger partial charge in [-0.05, 0) is 96.6 Å². The van der Waals surface area contributed by atoms with Gasteiger partial charge in [0.1, 0.15) is 11.5 Å². The highest BCUT2D eigenvalue weighted by atomic mass is 16.5. The summed E-state index contributed by atoms with van der Waals surface area (Å²) < 4.78 is 10.8. The van der Waals surface area contributed by atoms with Crippen molar-refractivity contribution in [1.82, 2.24) is 0 Å². The van der Waals surface area contributed by atoms with Crippen molar-refractivity contribution in [1.29, 1.82) is 0 Å². The molecule has 0 aliphatic heterocycles. The molecular formula is C31H33NO2. The number of hydrogen-bond donors (Lipinski definition) is 0. The summed E-state index contributed by atoms with van der Waals surface area (Å²) in [5.41, 5.74) is 5.70. The number of rotatable bonds is 6. The van der Waals surface area contributed by atoms with Gasteiger partial charge in [-0.15, -0.1) is 0 Å². The van der Waals surface area contributed by atoms with E-state index in [9.17, 15) is 0 Å². The minimum Gasteiger partial charge on any atom is -0.497 e. The lowest BCUT2D eigenvalue weighted by Gasteiger charge is -2.62. The molecule has 3 aromatic carbocycles. The van der Waals surface area contributed by atoms with Crippen molar-refractivity contribution >= 4 is 11.9 Å². The van der Waals surface area contributed by atoms with Crippen molar-refractivity contribution in [2.75, 3.05) is 14.2 Å². The summed E-state index contributed by atoms with van der Waals surface area (Å²) in [4.78, 5) is 4.74. The van der Waals surface area contributed by atoms with Crippen LogP contribution in [0.1, 0.15) is 55.2 Å². The lowest BCUT2D eigenvalue weighted by atomic mass is 9.42. The van der Waals surface area contributed by atoms with Crippen LogP contribution in [0.2, 0.25) is 0 Å². The molecular weight excluding hydrogens is 418 g/mol. The summed E-state index contributed by atoms with van der Waals surface area (Å²) >= 11 is 0. The summed E-state index contributed by atoms with van der Waals surface area (Å²) in [5, 5.41) is 0. The number of hydrogen-bond acceptors (Lipinski definition) is 3. The Balaban J connectivity index is 1.27. The molecule has 3 nitrogen and oxygen atoms in total. The molecule has 0 radical (unpaired) electrons. The molecule has 2 atom stereocenters. The third-order valence-electron chi connectivity index (χ3n) is 8.72. The molecule has 4 saturated carbocycles. The summed E-state index contributed by atoms with van der Waals surface area (Å²) in [6.07, 6.45) is 10.1. The number of benzene rings is 3. The van der Waals surface area contributed by atoms with E-state index in [0.29, 0.717) is 10.8 Å². The van der Waals surface area contributed by atoms with Gasteiger partial charge in [0, 0.05) is 17.8 Å². The van der Waals surface area contributed by atoms with Gasteiger partial charge < -0.3 is 9.47 Å². The van der Waals surface area contributed by atoms with Crippen LogP contribution < -0.4 is 9.47 Å². The monoisotopic (exact) mass is 451 g/mol. The van der Waals surface area contributed by atoms with Crippen molar-refractivity contribution in [3.8, 4) is 11.5 Å². The average Bonchev–Trinajstić information content (AvgIpc) is 2.87. The highest BCUT2D eigenvalue weighted by molar-refractivity contribution is 5.85. The van der Waals surface area contributed by atoms with Crippen LogP contribution in [-0.2, 0) is 10.8 Å². The van der Waals surface area contributed by atoms with E-state index in [1.54, 1.807) is 19.8 Å². The topological polar surface area (TPSA) is 30.8 Å². The Morgan fingerprint density at radius 2 is 1.41 bits per heavy atom. The smallest absolute Gasteiger partial charge is 0.131 e. The Bertz CT molecular complexity index is 1180. The third-order valence-corrected chi connectivity index (χ3v) is 8.72. The Hall–Kier alpha value is -3.07. The molecule has 0 saturated heterocycles. The largest absolute Gasteiger partial charge is 0.497 e. The molecule has 4 fully saturated rings. The summed E-state index contributed by atoms with van der Waals surface area (Å²) in [6, 6.07) is 26.3. The van der Waals surface area contributed by atoms with Gasteiger partial charge in [-0.25, -0.2) is 0 Å². The standard InChI is InChI=1S/C31H33NO2/c1-33-28-13-8-24(29(15-28)34-2)20-32-27-11-9-26(10-12-27)31-18-22-14-23(19-31)17-30(16-22,21-31)25-6-4-3-5-7-25/h3-13,15,20,22-23H,14,16-19,21H2,1-2H3/t22-,23-,30?,31?/m1/s1. The molecule has 4 aliphatic rings. The molecule has 3 aromatic rings. The fourth-order valence-corrected chi connectivity index (χ4v) is 7.70.